The van der Waals surface area contributed by atoms with Crippen LogP contribution in [-0.4, -0.2) is 58.6 Å². The fourth-order valence-corrected chi connectivity index (χ4v) is 5.27. The van der Waals surface area contributed by atoms with Gasteiger partial charge in [-0.2, -0.15) is 0 Å². The summed E-state index contributed by atoms with van der Waals surface area (Å²) in [5.41, 5.74) is 2.77. The van der Waals surface area contributed by atoms with Crippen LogP contribution in [0.5, 0.6) is 0 Å². The van der Waals surface area contributed by atoms with E-state index in [1.54, 1.807) is 37.3 Å². The minimum Gasteiger partial charge on any atom is -0.456 e. The summed E-state index contributed by atoms with van der Waals surface area (Å²) in [7, 11) is 0. The Morgan fingerprint density at radius 3 is 2.16 bits per heavy atom. The Balaban J connectivity index is 1.10. The molecule has 7 heteroatoms. The van der Waals surface area contributed by atoms with E-state index in [1.165, 1.54) is 21.2 Å². The number of hydrogen-bond acceptors (Lipinski definition) is 5. The maximum atomic E-state index is 13.2. The van der Waals surface area contributed by atoms with Crippen LogP contribution in [0.15, 0.2) is 77.2 Å². The molecule has 2 aliphatic rings. The molecule has 0 saturated carbocycles. The Morgan fingerprint density at radius 2 is 1.43 bits per heavy atom. The smallest absolute Gasteiger partial charge is 0.289 e. The first-order chi connectivity index (χ1) is 18.0. The first kappa shape index (κ1) is 23.2. The number of imide groups is 1. The number of piperazine rings is 1. The zero-order valence-electron chi connectivity index (χ0n) is 20.6. The lowest BCUT2D eigenvalue weighted by molar-refractivity contribution is 0.0595. The van der Waals surface area contributed by atoms with Crippen molar-refractivity contribution < 1.29 is 18.8 Å². The number of aryl methyl sites for hydroxylation is 1. The second-order valence-electron chi connectivity index (χ2n) is 9.64. The lowest BCUT2D eigenvalue weighted by Gasteiger charge is -2.34. The Kier molecular flexibility index (Phi) is 5.85. The van der Waals surface area contributed by atoms with E-state index in [4.69, 9.17) is 4.42 Å². The molecule has 0 radical (unpaired) electrons. The Morgan fingerprint density at radius 1 is 0.784 bits per heavy atom. The molecule has 2 aliphatic heterocycles. The molecule has 0 N–H and O–H groups in total. The van der Waals surface area contributed by atoms with Crippen LogP contribution in [0.25, 0.3) is 10.8 Å². The van der Waals surface area contributed by atoms with E-state index in [0.29, 0.717) is 35.5 Å². The molecule has 186 valence electrons. The molecule has 3 aromatic carbocycles. The Hall–Kier alpha value is -4.23. The first-order valence-corrected chi connectivity index (χ1v) is 12.5. The Bertz CT molecular complexity index is 1490. The maximum absolute atomic E-state index is 13.2. The maximum Gasteiger partial charge on any atom is 0.289 e. The number of nitrogens with zero attached hydrogens (tertiary/aromatic N) is 3. The molecule has 4 aromatic rings. The minimum absolute atomic E-state index is 0.0772. The fourth-order valence-electron chi connectivity index (χ4n) is 5.27. The molecule has 0 unspecified atom stereocenters. The third-order valence-corrected chi connectivity index (χ3v) is 7.37. The summed E-state index contributed by atoms with van der Waals surface area (Å²) in [5, 5.41) is 2.50. The lowest BCUT2D eigenvalue weighted by Crippen LogP contribution is -2.48. The molecule has 0 atom stereocenters. The predicted octanol–water partition coefficient (Wildman–Crippen LogP) is 4.50. The highest BCUT2D eigenvalue weighted by Gasteiger charge is 2.36. The predicted molar refractivity (Wildman–Crippen MR) is 139 cm³/mol. The lowest BCUT2D eigenvalue weighted by atomic mass is 10.0. The summed E-state index contributed by atoms with van der Waals surface area (Å²) in [4.78, 5) is 44.1. The molecule has 0 spiro atoms. The van der Waals surface area contributed by atoms with Crippen molar-refractivity contribution in [2.24, 2.45) is 0 Å². The molecule has 37 heavy (non-hydrogen) atoms. The molecule has 1 fully saturated rings. The van der Waals surface area contributed by atoms with Crippen molar-refractivity contribution in [2.45, 2.75) is 20.0 Å². The van der Waals surface area contributed by atoms with Crippen molar-refractivity contribution >= 4 is 28.5 Å². The monoisotopic (exact) mass is 493 g/mol. The molecular formula is C30H27N3O4. The van der Waals surface area contributed by atoms with Crippen molar-refractivity contribution in [1.29, 1.82) is 0 Å². The van der Waals surface area contributed by atoms with E-state index in [0.717, 1.165) is 19.6 Å². The number of furan rings is 1. The SMILES string of the molecule is Cc1oc(C(=O)N2CCN(Cc3cccc4ccccc34)CC2)cc1CN1C(=O)c2ccccc2C1=O. The standard InChI is InChI=1S/C30H27N3O4/c1-20-23(19-33-28(34)25-11-4-5-12-26(25)29(33)35)17-27(37-20)30(36)32-15-13-31(14-16-32)18-22-9-6-8-21-7-2-3-10-24(21)22/h2-12,17H,13-16,18-19H2,1H3. The van der Waals surface area contributed by atoms with Gasteiger partial charge in [-0.1, -0.05) is 54.6 Å². The van der Waals surface area contributed by atoms with E-state index in [-0.39, 0.29) is 30.0 Å². The van der Waals surface area contributed by atoms with Crippen LogP contribution in [0.3, 0.4) is 0 Å². The first-order valence-electron chi connectivity index (χ1n) is 12.5. The average Bonchev–Trinajstić information content (AvgIpc) is 3.41. The van der Waals surface area contributed by atoms with E-state index < -0.39 is 0 Å². The fraction of sp³-hybridized carbons (Fsp3) is 0.233. The second-order valence-corrected chi connectivity index (χ2v) is 9.64. The van der Waals surface area contributed by atoms with E-state index in [2.05, 4.69) is 47.4 Å². The van der Waals surface area contributed by atoms with Crippen LogP contribution in [0.1, 0.15) is 48.2 Å². The van der Waals surface area contributed by atoms with E-state index >= 15 is 0 Å². The van der Waals surface area contributed by atoms with Crippen molar-refractivity contribution in [3.8, 4) is 0 Å². The van der Waals surface area contributed by atoms with Gasteiger partial charge in [-0.15, -0.1) is 0 Å². The van der Waals surface area contributed by atoms with Gasteiger partial charge in [0.25, 0.3) is 17.7 Å². The largest absolute Gasteiger partial charge is 0.456 e. The normalized spacial score (nSPS) is 16.0. The Labute approximate surface area is 214 Å². The second kappa shape index (κ2) is 9.33. The van der Waals surface area contributed by atoms with Crippen molar-refractivity contribution in [1.82, 2.24) is 14.7 Å². The van der Waals surface area contributed by atoms with Gasteiger partial charge in [0.1, 0.15) is 5.76 Å². The highest BCUT2D eigenvalue weighted by molar-refractivity contribution is 6.21. The van der Waals surface area contributed by atoms with Gasteiger partial charge in [0.05, 0.1) is 17.7 Å². The topological polar surface area (TPSA) is 74.1 Å². The minimum atomic E-state index is -0.323. The van der Waals surface area contributed by atoms with Gasteiger partial charge < -0.3 is 9.32 Å². The summed E-state index contributed by atoms with van der Waals surface area (Å²) < 4.78 is 5.80. The molecule has 6 rings (SSSR count). The summed E-state index contributed by atoms with van der Waals surface area (Å²) in [6, 6.07) is 23.3. The van der Waals surface area contributed by atoms with Crippen LogP contribution in [-0.2, 0) is 13.1 Å². The molecule has 1 saturated heterocycles. The summed E-state index contributed by atoms with van der Waals surface area (Å²) in [6.07, 6.45) is 0. The number of benzene rings is 3. The molecule has 0 aliphatic carbocycles. The van der Waals surface area contributed by atoms with Gasteiger partial charge in [-0.3, -0.25) is 24.2 Å². The van der Waals surface area contributed by atoms with Gasteiger partial charge >= 0.3 is 0 Å². The van der Waals surface area contributed by atoms with Gasteiger partial charge in [-0.05, 0) is 41.5 Å². The van der Waals surface area contributed by atoms with Gasteiger partial charge in [-0.25, -0.2) is 0 Å². The quantitative estimate of drug-likeness (QED) is 0.383. The number of fused-ring (bicyclic) bond motifs is 2. The van der Waals surface area contributed by atoms with Crippen molar-refractivity contribution in [3.05, 3.63) is 107 Å². The van der Waals surface area contributed by atoms with Crippen molar-refractivity contribution in [2.75, 3.05) is 26.2 Å². The molecular weight excluding hydrogens is 466 g/mol. The van der Waals surface area contributed by atoms with Crippen LogP contribution in [0.4, 0.5) is 0 Å². The van der Waals surface area contributed by atoms with Crippen LogP contribution in [0.2, 0.25) is 0 Å². The average molecular weight is 494 g/mol. The zero-order valence-corrected chi connectivity index (χ0v) is 20.6. The van der Waals surface area contributed by atoms with Gasteiger partial charge in [0, 0.05) is 38.3 Å². The molecule has 3 heterocycles. The molecule has 3 amide bonds. The number of hydrogen-bond donors (Lipinski definition) is 0. The number of rotatable bonds is 5. The van der Waals surface area contributed by atoms with Crippen LogP contribution in [0, 0.1) is 6.92 Å². The third kappa shape index (κ3) is 4.21. The number of carbonyl (C=O) groups is 3. The van der Waals surface area contributed by atoms with Crippen molar-refractivity contribution in [3.63, 3.8) is 0 Å². The molecule has 7 nitrogen and oxygen atoms in total. The third-order valence-electron chi connectivity index (χ3n) is 7.37. The summed E-state index contributed by atoms with van der Waals surface area (Å²) in [6.45, 7) is 5.44. The van der Waals surface area contributed by atoms with Gasteiger partial charge in [0.2, 0.25) is 0 Å². The molecule has 0 bridgehead atoms. The summed E-state index contributed by atoms with van der Waals surface area (Å²) >= 11 is 0. The van der Waals surface area contributed by atoms with E-state index in [9.17, 15) is 14.4 Å². The van der Waals surface area contributed by atoms with Gasteiger partial charge in [0.15, 0.2) is 5.76 Å². The zero-order chi connectivity index (χ0) is 25.5. The summed E-state index contributed by atoms with van der Waals surface area (Å²) in [5.74, 6) is -0.0320. The van der Waals surface area contributed by atoms with Crippen LogP contribution >= 0.6 is 0 Å². The number of amides is 3. The van der Waals surface area contributed by atoms with Crippen LogP contribution < -0.4 is 0 Å². The highest BCUT2D eigenvalue weighted by atomic mass is 16.4. The van der Waals surface area contributed by atoms with E-state index in [1.807, 2.05) is 4.90 Å². The highest BCUT2D eigenvalue weighted by Crippen LogP contribution is 2.27. The molecule has 1 aromatic heterocycles. The number of carbonyl (C=O) groups excluding carboxylic acids is 3.